The van der Waals surface area contributed by atoms with Crippen LogP contribution in [-0.2, 0) is 33.5 Å². The van der Waals surface area contributed by atoms with Crippen LogP contribution in [-0.4, -0.2) is 98.2 Å². The van der Waals surface area contributed by atoms with E-state index in [1.807, 2.05) is 27.7 Å². The molecule has 0 heterocycles. The van der Waals surface area contributed by atoms with E-state index >= 15 is 0 Å². The Bertz CT molecular complexity index is 810. The number of carbonyl (C=O) groups is 6. The molecule has 0 unspecified atom stereocenters. The number of hydrogen-bond donors (Lipinski definition) is 10. The van der Waals surface area contributed by atoms with Gasteiger partial charge < -0.3 is 58.9 Å². The number of rotatable bonds is 14. The highest BCUT2D eigenvalue weighted by Crippen LogP contribution is 2.04. The third kappa shape index (κ3) is 28.0. The number of carboxylic acid groups (broad SMARTS) is 5. The minimum atomic E-state index is -1.29. The van der Waals surface area contributed by atoms with Crippen LogP contribution in [0.5, 0.6) is 0 Å². The van der Waals surface area contributed by atoms with Crippen LogP contribution in [0.4, 0.5) is 0 Å². The van der Waals surface area contributed by atoms with E-state index in [1.54, 1.807) is 13.8 Å². The predicted octanol–water partition coefficient (Wildman–Crippen LogP) is -1.31. The second-order valence-corrected chi connectivity index (χ2v) is 9.71. The lowest BCUT2D eigenvalue weighted by Gasteiger charge is -2.15. The van der Waals surface area contributed by atoms with Crippen molar-refractivity contribution in [1.29, 1.82) is 0 Å². The van der Waals surface area contributed by atoms with Crippen LogP contribution in [0.15, 0.2) is 0 Å². The first-order valence-electron chi connectivity index (χ1n) is 12.6. The smallest absolute Gasteiger partial charge is 0.324 e. The van der Waals surface area contributed by atoms with Crippen molar-refractivity contribution in [2.24, 2.45) is 46.4 Å². The monoisotopic (exact) mass is 599 g/mol. The zero-order chi connectivity index (χ0) is 33.6. The van der Waals surface area contributed by atoms with E-state index in [-0.39, 0.29) is 18.4 Å². The van der Waals surface area contributed by atoms with Crippen molar-refractivity contribution in [2.45, 2.75) is 91.0 Å². The summed E-state index contributed by atoms with van der Waals surface area (Å²) in [6.07, 6.45) is 0.831. The Morgan fingerprint density at radius 3 is 1.24 bits per heavy atom. The molecule has 15 N–H and O–H groups in total. The summed E-state index contributed by atoms with van der Waals surface area (Å²) in [5.41, 5.74) is 25.9. The molecule has 0 radical (unpaired) electrons. The molecule has 0 saturated carbocycles. The second-order valence-electron chi connectivity index (χ2n) is 9.71. The summed E-state index contributed by atoms with van der Waals surface area (Å²) in [5.74, 6) is -5.79. The maximum Gasteiger partial charge on any atom is 0.324 e. The van der Waals surface area contributed by atoms with Crippen molar-refractivity contribution in [3.63, 3.8) is 0 Å². The van der Waals surface area contributed by atoms with E-state index in [0.29, 0.717) is 12.3 Å². The average molecular weight is 600 g/mol. The first-order chi connectivity index (χ1) is 18.5. The fraction of sp³-hybridized carbons (Fsp3) is 0.750. The molecule has 0 aliphatic heterocycles. The number of carboxylic acids is 5. The number of esters is 1. The lowest BCUT2D eigenvalue weighted by molar-refractivity contribution is -0.150. The van der Waals surface area contributed by atoms with Crippen LogP contribution in [0.1, 0.15) is 60.8 Å². The SMILES string of the molecule is CC(C)C[C@H](N)C(=O)O.CC(C)[C@H](N)C(=O)OC[C@H](N)C(=O)O.CC[C@H](C)[C@H](N)C(=O)O.N[C@@H](CC(=O)O)C(=O)O. The van der Waals surface area contributed by atoms with E-state index in [2.05, 4.69) is 4.74 Å². The van der Waals surface area contributed by atoms with Gasteiger partial charge in [0.25, 0.3) is 0 Å². The number of aliphatic carboxylic acids is 5. The van der Waals surface area contributed by atoms with E-state index < -0.39 is 72.4 Å². The van der Waals surface area contributed by atoms with Gasteiger partial charge in [0.15, 0.2) is 0 Å². The van der Waals surface area contributed by atoms with Crippen molar-refractivity contribution in [1.82, 2.24) is 0 Å². The van der Waals surface area contributed by atoms with Crippen molar-refractivity contribution in [3.8, 4) is 0 Å². The fourth-order valence-electron chi connectivity index (χ4n) is 1.99. The van der Waals surface area contributed by atoms with Crippen LogP contribution in [0, 0.1) is 17.8 Å². The Morgan fingerprint density at radius 1 is 0.634 bits per heavy atom. The van der Waals surface area contributed by atoms with Crippen molar-refractivity contribution < 1.29 is 59.0 Å². The molecule has 17 nitrogen and oxygen atoms in total. The Balaban J connectivity index is -0.000000228. The van der Waals surface area contributed by atoms with Crippen LogP contribution >= 0.6 is 0 Å². The van der Waals surface area contributed by atoms with E-state index in [0.717, 1.165) is 6.42 Å². The van der Waals surface area contributed by atoms with Gasteiger partial charge in [-0.3, -0.25) is 28.8 Å². The Hall–Kier alpha value is -3.38. The van der Waals surface area contributed by atoms with Gasteiger partial charge in [-0.1, -0.05) is 48.0 Å². The molecule has 0 fully saturated rings. The first kappa shape index (κ1) is 44.6. The Morgan fingerprint density at radius 2 is 1.05 bits per heavy atom. The molecule has 41 heavy (non-hydrogen) atoms. The molecule has 0 amide bonds. The quantitative estimate of drug-likeness (QED) is 0.103. The second kappa shape index (κ2) is 24.4. The van der Waals surface area contributed by atoms with E-state index in [1.165, 1.54) is 0 Å². The molecule has 0 rings (SSSR count). The van der Waals surface area contributed by atoms with Gasteiger partial charge in [0.1, 0.15) is 36.8 Å². The normalized spacial score (nSPS) is 14.6. The summed E-state index contributed by atoms with van der Waals surface area (Å²) in [4.78, 5) is 61.3. The standard InChI is InChI=1S/C8H16N2O4.2C6H13NO2.C4H7NO4/c1-4(2)6(10)8(13)14-3-5(9)7(11)12;1-4(2)3-5(7)6(8)9;1-3-4(2)5(7)6(8)9;5-2(4(8)9)1-3(6)7/h4-6H,3,9-10H2,1-2H3,(H,11,12);2*4-5H,3,7H2,1-2H3,(H,8,9);2H,1,5H2,(H,6,7)(H,8,9)/t5-,6-;5-;4-,5-;2-/m0000/s1. The van der Waals surface area contributed by atoms with Crippen LogP contribution < -0.4 is 28.7 Å². The third-order valence-corrected chi connectivity index (χ3v) is 5.01. The average Bonchev–Trinajstić information content (AvgIpc) is 2.85. The van der Waals surface area contributed by atoms with E-state index in [4.69, 9.17) is 54.2 Å². The summed E-state index contributed by atoms with van der Waals surface area (Å²) in [7, 11) is 0. The van der Waals surface area contributed by atoms with Gasteiger partial charge in [0, 0.05) is 0 Å². The maximum absolute atomic E-state index is 11.1. The highest BCUT2D eigenvalue weighted by atomic mass is 16.5. The lowest BCUT2D eigenvalue weighted by atomic mass is 10.0. The van der Waals surface area contributed by atoms with Gasteiger partial charge in [-0.2, -0.15) is 0 Å². The van der Waals surface area contributed by atoms with Crippen molar-refractivity contribution in [3.05, 3.63) is 0 Å². The molecule has 0 bridgehead atoms. The summed E-state index contributed by atoms with van der Waals surface area (Å²) in [6, 6.07) is -4.61. The van der Waals surface area contributed by atoms with Gasteiger partial charge >= 0.3 is 35.8 Å². The van der Waals surface area contributed by atoms with Crippen LogP contribution in [0.2, 0.25) is 0 Å². The molecule has 0 aromatic carbocycles. The fourth-order valence-corrected chi connectivity index (χ4v) is 1.99. The predicted molar refractivity (Wildman–Crippen MR) is 147 cm³/mol. The molecule has 0 aromatic heterocycles. The third-order valence-electron chi connectivity index (χ3n) is 5.01. The summed E-state index contributed by atoms with van der Waals surface area (Å²) in [6.45, 7) is 10.8. The summed E-state index contributed by atoms with van der Waals surface area (Å²) >= 11 is 0. The number of ether oxygens (including phenoxy) is 1. The summed E-state index contributed by atoms with van der Waals surface area (Å²) < 4.78 is 4.62. The van der Waals surface area contributed by atoms with Gasteiger partial charge in [-0.25, -0.2) is 0 Å². The molecule has 0 aromatic rings. The largest absolute Gasteiger partial charge is 0.481 e. The maximum atomic E-state index is 11.1. The summed E-state index contributed by atoms with van der Waals surface area (Å²) in [5, 5.41) is 41.1. The van der Waals surface area contributed by atoms with Gasteiger partial charge in [0.05, 0.1) is 6.42 Å². The van der Waals surface area contributed by atoms with E-state index in [9.17, 15) is 28.8 Å². The molecule has 242 valence electrons. The molecule has 0 aliphatic rings. The lowest BCUT2D eigenvalue weighted by Crippen LogP contribution is -2.41. The highest BCUT2D eigenvalue weighted by Gasteiger charge is 2.21. The Kier molecular flexibility index (Phi) is 26.6. The van der Waals surface area contributed by atoms with Crippen molar-refractivity contribution >= 4 is 35.8 Å². The van der Waals surface area contributed by atoms with Crippen LogP contribution in [0.3, 0.4) is 0 Å². The molecular weight excluding hydrogens is 550 g/mol. The van der Waals surface area contributed by atoms with Gasteiger partial charge in [-0.15, -0.1) is 0 Å². The first-order valence-corrected chi connectivity index (χ1v) is 12.6. The van der Waals surface area contributed by atoms with Crippen LogP contribution in [0.25, 0.3) is 0 Å². The minimum Gasteiger partial charge on any atom is -0.481 e. The highest BCUT2D eigenvalue weighted by molar-refractivity contribution is 5.80. The molecular formula is C24H49N5O12. The molecule has 17 heteroatoms. The number of hydrogen-bond acceptors (Lipinski definition) is 12. The van der Waals surface area contributed by atoms with Gasteiger partial charge in [0.2, 0.25) is 0 Å². The molecule has 0 saturated heterocycles. The molecule has 0 aliphatic carbocycles. The molecule has 0 spiro atoms. The van der Waals surface area contributed by atoms with Crippen molar-refractivity contribution in [2.75, 3.05) is 6.61 Å². The minimum absolute atomic E-state index is 0.0523. The number of carbonyl (C=O) groups excluding carboxylic acids is 1. The zero-order valence-electron chi connectivity index (χ0n) is 24.4. The van der Waals surface area contributed by atoms with Gasteiger partial charge in [-0.05, 0) is 24.2 Å². The molecule has 6 atom stereocenters. The topological polar surface area (TPSA) is 343 Å². The Labute approximate surface area is 239 Å². The number of nitrogens with two attached hydrogens (primary N) is 5. The zero-order valence-corrected chi connectivity index (χ0v) is 24.4.